The fraction of sp³-hybridized carbons (Fsp3) is 0.714. The Labute approximate surface area is 336 Å². The van der Waals surface area contributed by atoms with E-state index in [1.54, 1.807) is 6.07 Å². The number of aryl methyl sites for hydroxylation is 1. The summed E-state index contributed by atoms with van der Waals surface area (Å²) < 4.78 is 82.5. The maximum Gasteiger partial charge on any atom is 0.306 e. The number of Topliss-reactive ketones (excluding diaryl/α,β-unsaturated/α-hetero) is 1. The largest absolute Gasteiger partial charge is 0.471 e. The van der Waals surface area contributed by atoms with Gasteiger partial charge >= 0.3 is 5.97 Å². The van der Waals surface area contributed by atoms with Crippen LogP contribution < -0.4 is 9.46 Å². The van der Waals surface area contributed by atoms with Crippen molar-refractivity contribution in [2.75, 3.05) is 6.54 Å². The SMILES string of the molecule is CC(C)(C)[C@@H]1CC(=O)O[C@@H]2C[C@@H]3C[C@@H]3[C@H]2CCCCCc2nc3ccc(F)cc3nc2O[C@@H]2C[C@@H](C(=O)C[C@]3(C(=O)NS(=O)(=O)C4(C)CC4)C[C@H]3C(F)F)N(C2)C1=O. The number of alkyl halides is 2. The number of aromatic nitrogens is 2. The number of ketones is 1. The van der Waals surface area contributed by atoms with Gasteiger partial charge in [-0.2, -0.15) is 0 Å². The lowest BCUT2D eigenvalue weighted by molar-refractivity contribution is -0.158. The number of fused-ring (bicyclic) bond motifs is 7. The van der Waals surface area contributed by atoms with Crippen LogP contribution in [0.15, 0.2) is 18.2 Å². The molecular formula is C42H53F3N4O8S. The fourth-order valence-electron chi connectivity index (χ4n) is 9.87. The molecule has 2 aromatic rings. The van der Waals surface area contributed by atoms with Crippen molar-refractivity contribution >= 4 is 44.6 Å². The normalized spacial score (nSPS) is 33.6. The first-order valence-electron chi connectivity index (χ1n) is 20.8. The third kappa shape index (κ3) is 7.82. The van der Waals surface area contributed by atoms with E-state index in [4.69, 9.17) is 14.5 Å². The van der Waals surface area contributed by atoms with Crippen LogP contribution in [0.4, 0.5) is 13.2 Å². The molecule has 3 heterocycles. The minimum absolute atomic E-state index is 0.103. The predicted molar refractivity (Wildman–Crippen MR) is 204 cm³/mol. The van der Waals surface area contributed by atoms with E-state index in [1.807, 2.05) is 25.5 Å². The number of sulfonamides is 1. The van der Waals surface area contributed by atoms with Crippen molar-refractivity contribution in [3.63, 3.8) is 0 Å². The highest BCUT2D eigenvalue weighted by Gasteiger charge is 2.67. The van der Waals surface area contributed by atoms with E-state index in [0.717, 1.165) is 38.5 Å². The van der Waals surface area contributed by atoms with E-state index in [9.17, 15) is 40.8 Å². The van der Waals surface area contributed by atoms with Gasteiger partial charge in [0, 0.05) is 24.8 Å². The van der Waals surface area contributed by atoms with Gasteiger partial charge in [0.1, 0.15) is 23.7 Å². The number of rotatable bonds is 7. The second-order valence-electron chi connectivity index (χ2n) is 19.2. The number of hydrogen-bond donors (Lipinski definition) is 1. The highest BCUT2D eigenvalue weighted by Crippen LogP contribution is 2.60. The maximum absolute atomic E-state index is 14.8. The molecule has 1 aromatic carbocycles. The van der Waals surface area contributed by atoms with Gasteiger partial charge in [-0.05, 0) is 93.6 Å². The van der Waals surface area contributed by atoms with Crippen LogP contribution in [0.25, 0.3) is 11.0 Å². The molecule has 6 aliphatic rings. The van der Waals surface area contributed by atoms with E-state index in [1.165, 1.54) is 24.0 Å². The van der Waals surface area contributed by atoms with Crippen LogP contribution in [0.1, 0.15) is 110 Å². The Hall–Kier alpha value is -3.82. The molecule has 0 radical (unpaired) electrons. The molecule has 0 spiro atoms. The first-order valence-corrected chi connectivity index (χ1v) is 22.3. The molecule has 4 saturated carbocycles. The van der Waals surface area contributed by atoms with Crippen molar-refractivity contribution in [3.8, 4) is 5.88 Å². The Balaban J connectivity index is 1.13. The highest BCUT2D eigenvalue weighted by molar-refractivity contribution is 7.91. The van der Waals surface area contributed by atoms with Gasteiger partial charge in [0.2, 0.25) is 34.1 Å². The third-order valence-electron chi connectivity index (χ3n) is 14.1. The summed E-state index contributed by atoms with van der Waals surface area (Å²) in [4.78, 5) is 67.4. The Morgan fingerprint density at radius 3 is 2.47 bits per heavy atom. The summed E-state index contributed by atoms with van der Waals surface area (Å²) in [5.74, 6) is -4.49. The summed E-state index contributed by atoms with van der Waals surface area (Å²) in [6, 6.07) is 2.83. The van der Waals surface area contributed by atoms with E-state index < -0.39 is 98.2 Å². The highest BCUT2D eigenvalue weighted by atomic mass is 32.2. The van der Waals surface area contributed by atoms with Crippen molar-refractivity contribution in [2.24, 2.45) is 40.4 Å². The van der Waals surface area contributed by atoms with Crippen LogP contribution in [0.5, 0.6) is 5.88 Å². The monoisotopic (exact) mass is 830 g/mol. The number of hydrogen-bond acceptors (Lipinski definition) is 10. The minimum atomic E-state index is -4.20. The Bertz CT molecular complexity index is 2130. The van der Waals surface area contributed by atoms with Gasteiger partial charge < -0.3 is 14.4 Å². The standard InChI is InChI=1S/C42H53F3N4O8S/c1-40(2,3)27-18-35(51)57-34-15-22-14-26(22)25(34)8-6-5-7-9-30-37(47-31-16-23(43)10-11-29(31)46-30)56-24-17-32(49(21-24)38(27)52)33(50)20-42(19-28(42)36(44)45)39(53)48-58(54,55)41(4)12-13-41/h10-11,16,22,24-28,32,34,36H,5-9,12-15,17-21H2,1-4H3,(H,48,53)/t22-,24+,25+,26-,27+,28-,32-,34+,42+/m0/s1. The number of nitrogens with zero attached hydrogens (tertiary/aromatic N) is 3. The van der Waals surface area contributed by atoms with Crippen molar-refractivity contribution in [1.82, 2.24) is 19.6 Å². The van der Waals surface area contributed by atoms with Gasteiger partial charge in [0.25, 0.3) is 0 Å². The molecule has 4 aliphatic carbocycles. The molecule has 1 saturated heterocycles. The van der Waals surface area contributed by atoms with Gasteiger partial charge in [-0.3, -0.25) is 23.9 Å². The molecule has 9 atom stereocenters. The average molecular weight is 831 g/mol. The number of benzene rings is 1. The number of carbonyl (C=O) groups excluding carboxylic acids is 4. The molecule has 2 bridgehead atoms. The summed E-state index contributed by atoms with van der Waals surface area (Å²) in [5, 5.41) is 0. The van der Waals surface area contributed by atoms with E-state index in [-0.39, 0.29) is 42.8 Å². The Kier molecular flexibility index (Phi) is 10.4. The van der Waals surface area contributed by atoms with E-state index in [0.29, 0.717) is 42.3 Å². The molecule has 8 rings (SSSR count). The topological polar surface area (TPSA) is 162 Å². The van der Waals surface area contributed by atoms with Crippen molar-refractivity contribution < 1.29 is 50.2 Å². The molecule has 0 unspecified atom stereocenters. The van der Waals surface area contributed by atoms with Crippen LogP contribution in [0.2, 0.25) is 0 Å². The number of nitrogens with one attached hydrogen (secondary N) is 1. The zero-order valence-electron chi connectivity index (χ0n) is 33.5. The van der Waals surface area contributed by atoms with Crippen LogP contribution >= 0.6 is 0 Å². The lowest BCUT2D eigenvalue weighted by atomic mass is 9.77. The summed E-state index contributed by atoms with van der Waals surface area (Å²) in [6.45, 7) is 6.77. The van der Waals surface area contributed by atoms with E-state index in [2.05, 4.69) is 4.98 Å². The van der Waals surface area contributed by atoms with Crippen LogP contribution in [-0.2, 0) is 40.4 Å². The summed E-state index contributed by atoms with van der Waals surface area (Å²) in [7, 11) is -4.20. The molecule has 12 nitrogen and oxygen atoms in total. The molecule has 2 aliphatic heterocycles. The minimum Gasteiger partial charge on any atom is -0.471 e. The lowest BCUT2D eigenvalue weighted by Gasteiger charge is -2.35. The molecule has 1 aromatic heterocycles. The third-order valence-corrected chi connectivity index (χ3v) is 16.2. The fourth-order valence-corrected chi connectivity index (χ4v) is 11.2. The molecule has 58 heavy (non-hydrogen) atoms. The van der Waals surface area contributed by atoms with Crippen LogP contribution in [0.3, 0.4) is 0 Å². The van der Waals surface area contributed by atoms with Crippen LogP contribution in [0, 0.1) is 46.2 Å². The number of carbonyl (C=O) groups is 4. The number of amides is 2. The smallest absolute Gasteiger partial charge is 0.306 e. The van der Waals surface area contributed by atoms with E-state index >= 15 is 0 Å². The Morgan fingerprint density at radius 2 is 1.78 bits per heavy atom. The summed E-state index contributed by atoms with van der Waals surface area (Å²) in [5.41, 5.74) is -1.50. The molecule has 2 amide bonds. The van der Waals surface area contributed by atoms with Gasteiger partial charge in [-0.15, -0.1) is 0 Å². The lowest BCUT2D eigenvalue weighted by Crippen LogP contribution is -2.49. The van der Waals surface area contributed by atoms with Gasteiger partial charge in [-0.1, -0.05) is 33.6 Å². The maximum atomic E-state index is 14.8. The molecule has 316 valence electrons. The quantitative estimate of drug-likeness (QED) is 0.324. The Morgan fingerprint density at radius 1 is 1.02 bits per heavy atom. The molecule has 5 fully saturated rings. The zero-order valence-corrected chi connectivity index (χ0v) is 34.3. The number of ether oxygens (including phenoxy) is 2. The van der Waals surface area contributed by atoms with Crippen molar-refractivity contribution in [1.29, 1.82) is 0 Å². The summed E-state index contributed by atoms with van der Waals surface area (Å²) >= 11 is 0. The summed E-state index contributed by atoms with van der Waals surface area (Å²) in [6.07, 6.45) is 0.904. The van der Waals surface area contributed by atoms with Crippen molar-refractivity contribution in [3.05, 3.63) is 29.7 Å². The van der Waals surface area contributed by atoms with Crippen molar-refractivity contribution in [2.45, 2.75) is 141 Å². The molecule has 16 heteroatoms. The first-order chi connectivity index (χ1) is 27.3. The second kappa shape index (κ2) is 14.7. The number of esters is 1. The zero-order chi connectivity index (χ0) is 41.5. The van der Waals surface area contributed by atoms with Crippen LogP contribution in [-0.4, -0.2) is 82.8 Å². The van der Waals surface area contributed by atoms with Gasteiger partial charge in [-0.25, -0.2) is 31.6 Å². The second-order valence-corrected chi connectivity index (χ2v) is 21.4. The van der Waals surface area contributed by atoms with Gasteiger partial charge in [0.05, 0.1) is 46.1 Å². The average Bonchev–Trinajstić information content (AvgIpc) is 4.10. The van der Waals surface area contributed by atoms with Gasteiger partial charge in [0.15, 0.2) is 5.78 Å². The predicted octanol–water partition coefficient (Wildman–Crippen LogP) is 6.08. The molecule has 1 N–H and O–H groups in total. The molecular weight excluding hydrogens is 778 g/mol. The first kappa shape index (κ1) is 40.9. The number of halogens is 3.